The van der Waals surface area contributed by atoms with Gasteiger partial charge in [0, 0.05) is 5.56 Å². The molecular weight excluding hydrogens is 212 g/mol. The summed E-state index contributed by atoms with van der Waals surface area (Å²) in [5, 5.41) is 37.3. The monoisotopic (exact) mass is 226 g/mol. The molecule has 0 bridgehead atoms. The Balaban J connectivity index is 2.13. The van der Waals surface area contributed by atoms with Crippen LogP contribution in [-0.4, -0.2) is 26.5 Å². The van der Waals surface area contributed by atoms with Gasteiger partial charge in [0.15, 0.2) is 23.5 Å². The number of benzene rings is 1. The molecule has 0 radical (unpaired) electrons. The maximum atomic E-state index is 9.66. The highest BCUT2D eigenvalue weighted by atomic mass is 16.6. The quantitative estimate of drug-likeness (QED) is 0.459. The second kappa shape index (κ2) is 3.84. The van der Waals surface area contributed by atoms with Crippen LogP contribution < -0.4 is 0 Å². The number of aromatic hydroxyl groups is 3. The van der Waals surface area contributed by atoms with Gasteiger partial charge >= 0.3 is 0 Å². The van der Waals surface area contributed by atoms with E-state index in [1.807, 2.05) is 6.92 Å². The molecule has 88 valence electrons. The highest BCUT2D eigenvalue weighted by Crippen LogP contribution is 2.40. The third kappa shape index (κ3) is 2.05. The van der Waals surface area contributed by atoms with E-state index in [1.54, 1.807) is 0 Å². The molecule has 0 saturated heterocycles. The average molecular weight is 226 g/mol. The molecule has 3 atom stereocenters. The number of hydrogen-bond donors (Lipinski definition) is 4. The van der Waals surface area contributed by atoms with Crippen LogP contribution in [0.15, 0.2) is 12.1 Å². The maximum absolute atomic E-state index is 9.66. The predicted octanol–water partition coefficient (Wildman–Crippen LogP) is 1.22. The molecular formula is C11H14O5. The van der Waals surface area contributed by atoms with Crippen molar-refractivity contribution in [3.05, 3.63) is 17.7 Å². The summed E-state index contributed by atoms with van der Waals surface area (Å²) in [6.07, 6.45) is -0.284. The Hall–Kier alpha value is -1.46. The molecule has 1 aromatic carbocycles. The van der Waals surface area contributed by atoms with Crippen LogP contribution in [0.4, 0.5) is 0 Å². The summed E-state index contributed by atoms with van der Waals surface area (Å²) >= 11 is 0. The molecule has 0 aromatic heterocycles. The largest absolute Gasteiger partial charge is 0.504 e. The summed E-state index contributed by atoms with van der Waals surface area (Å²) in [7, 11) is 0. The van der Waals surface area contributed by atoms with E-state index in [2.05, 4.69) is 0 Å². The van der Waals surface area contributed by atoms with E-state index in [-0.39, 0.29) is 11.7 Å². The van der Waals surface area contributed by atoms with Crippen LogP contribution in [-0.2, 0) is 4.74 Å². The average Bonchev–Trinajstić information content (AvgIpc) is 2.90. The topological polar surface area (TPSA) is 90.2 Å². The van der Waals surface area contributed by atoms with Gasteiger partial charge in [-0.1, -0.05) is 6.92 Å². The van der Waals surface area contributed by atoms with Crippen LogP contribution in [0.1, 0.15) is 25.2 Å². The minimum atomic E-state index is -1.20. The second-order valence-corrected chi connectivity index (χ2v) is 4.15. The fraction of sp³-hybridized carbons (Fsp3) is 0.455. The van der Waals surface area contributed by atoms with Gasteiger partial charge in [0.05, 0.1) is 6.10 Å². The minimum Gasteiger partial charge on any atom is -0.504 e. The summed E-state index contributed by atoms with van der Waals surface area (Å²) in [5.74, 6) is -1.15. The zero-order valence-electron chi connectivity index (χ0n) is 8.79. The first-order valence-electron chi connectivity index (χ1n) is 5.07. The maximum Gasteiger partial charge on any atom is 0.200 e. The lowest BCUT2D eigenvalue weighted by Crippen LogP contribution is -2.05. The van der Waals surface area contributed by atoms with Crippen molar-refractivity contribution in [3.63, 3.8) is 0 Å². The second-order valence-electron chi connectivity index (χ2n) is 4.15. The van der Waals surface area contributed by atoms with Crippen LogP contribution in [0.25, 0.3) is 0 Å². The Morgan fingerprint density at radius 3 is 2.19 bits per heavy atom. The molecule has 1 aliphatic carbocycles. The molecule has 16 heavy (non-hydrogen) atoms. The summed E-state index contributed by atoms with van der Waals surface area (Å²) < 4.78 is 5.26. The fourth-order valence-electron chi connectivity index (χ4n) is 1.49. The zero-order chi connectivity index (χ0) is 11.9. The van der Waals surface area contributed by atoms with E-state index in [1.165, 1.54) is 0 Å². The first-order chi connectivity index (χ1) is 7.49. The van der Waals surface area contributed by atoms with Crippen molar-refractivity contribution in [1.29, 1.82) is 0 Å². The lowest BCUT2D eigenvalue weighted by atomic mass is 10.2. The van der Waals surface area contributed by atoms with Gasteiger partial charge in [0.2, 0.25) is 0 Å². The van der Waals surface area contributed by atoms with Crippen molar-refractivity contribution < 1.29 is 25.2 Å². The summed E-state index contributed by atoms with van der Waals surface area (Å²) in [5.41, 5.74) is 0.215. The van der Waals surface area contributed by atoms with Gasteiger partial charge < -0.3 is 25.2 Å². The third-order valence-electron chi connectivity index (χ3n) is 2.72. The fourth-order valence-corrected chi connectivity index (χ4v) is 1.49. The first-order valence-corrected chi connectivity index (χ1v) is 5.07. The minimum absolute atomic E-state index is 0.0214. The van der Waals surface area contributed by atoms with Crippen LogP contribution >= 0.6 is 0 Å². The summed E-state index contributed by atoms with van der Waals surface area (Å²) in [4.78, 5) is 0. The molecule has 1 fully saturated rings. The van der Waals surface area contributed by atoms with E-state index in [0.29, 0.717) is 5.92 Å². The standard InChI is InChI=1S/C11H14O5/c1-5-2-9(5)16-11(15)6-3-7(12)10(14)8(13)4-6/h3-5,9,11-15H,2H2,1H3/t5-,9?,11-/m0/s1. The van der Waals surface area contributed by atoms with Crippen molar-refractivity contribution in [2.24, 2.45) is 5.92 Å². The molecule has 2 rings (SSSR count). The highest BCUT2D eigenvalue weighted by molar-refractivity contribution is 5.51. The normalized spacial score (nSPS) is 25.4. The summed E-state index contributed by atoms with van der Waals surface area (Å²) in [6, 6.07) is 2.32. The van der Waals surface area contributed by atoms with Gasteiger partial charge in [0.1, 0.15) is 0 Å². The number of rotatable bonds is 3. The van der Waals surface area contributed by atoms with Crippen molar-refractivity contribution in [2.45, 2.75) is 25.7 Å². The molecule has 0 amide bonds. The lowest BCUT2D eigenvalue weighted by Gasteiger charge is -2.13. The molecule has 0 spiro atoms. The zero-order valence-corrected chi connectivity index (χ0v) is 8.79. The van der Waals surface area contributed by atoms with E-state index < -0.39 is 23.5 Å². The highest BCUT2D eigenvalue weighted by Gasteiger charge is 2.36. The molecule has 5 heteroatoms. The molecule has 0 aliphatic heterocycles. The van der Waals surface area contributed by atoms with E-state index in [4.69, 9.17) is 9.84 Å². The van der Waals surface area contributed by atoms with Crippen molar-refractivity contribution in [1.82, 2.24) is 0 Å². The Morgan fingerprint density at radius 1 is 1.25 bits per heavy atom. The SMILES string of the molecule is C[C@H]1CC1O[C@H](O)c1cc(O)c(O)c(O)c1. The number of aliphatic hydroxyl groups is 1. The molecule has 1 unspecified atom stereocenters. The van der Waals surface area contributed by atoms with Gasteiger partial charge in [-0.25, -0.2) is 0 Å². The van der Waals surface area contributed by atoms with E-state index in [0.717, 1.165) is 18.6 Å². The van der Waals surface area contributed by atoms with Gasteiger partial charge in [-0.2, -0.15) is 0 Å². The van der Waals surface area contributed by atoms with Gasteiger partial charge in [0.25, 0.3) is 0 Å². The molecule has 1 aromatic rings. The first kappa shape index (κ1) is 11.0. The number of hydrogen-bond acceptors (Lipinski definition) is 5. The number of aliphatic hydroxyl groups excluding tert-OH is 1. The number of phenolic OH excluding ortho intramolecular Hbond substituents is 3. The molecule has 4 N–H and O–H groups in total. The lowest BCUT2D eigenvalue weighted by molar-refractivity contribution is -0.115. The molecule has 0 heterocycles. The Kier molecular flexibility index (Phi) is 2.65. The van der Waals surface area contributed by atoms with Gasteiger partial charge in [-0.05, 0) is 24.5 Å². The number of phenols is 3. The third-order valence-corrected chi connectivity index (χ3v) is 2.72. The molecule has 5 nitrogen and oxygen atoms in total. The van der Waals surface area contributed by atoms with Crippen molar-refractivity contribution in [2.75, 3.05) is 0 Å². The Labute approximate surface area is 92.5 Å². The Bertz CT molecular complexity index is 380. The number of ether oxygens (including phenoxy) is 1. The smallest absolute Gasteiger partial charge is 0.200 e. The van der Waals surface area contributed by atoms with Crippen molar-refractivity contribution in [3.8, 4) is 17.2 Å². The summed E-state index contributed by atoms with van der Waals surface area (Å²) in [6.45, 7) is 2.00. The van der Waals surface area contributed by atoms with E-state index in [9.17, 15) is 15.3 Å². The van der Waals surface area contributed by atoms with E-state index >= 15 is 0 Å². The van der Waals surface area contributed by atoms with Crippen molar-refractivity contribution >= 4 is 0 Å². The molecule has 1 aliphatic rings. The van der Waals surface area contributed by atoms with Gasteiger partial charge in [-0.15, -0.1) is 0 Å². The van der Waals surface area contributed by atoms with Crippen LogP contribution in [0.2, 0.25) is 0 Å². The predicted molar refractivity (Wildman–Crippen MR) is 55.1 cm³/mol. The van der Waals surface area contributed by atoms with Crippen LogP contribution in [0.3, 0.4) is 0 Å². The molecule has 1 saturated carbocycles. The van der Waals surface area contributed by atoms with Gasteiger partial charge in [-0.3, -0.25) is 0 Å². The van der Waals surface area contributed by atoms with Crippen LogP contribution in [0, 0.1) is 5.92 Å². The van der Waals surface area contributed by atoms with Crippen LogP contribution in [0.5, 0.6) is 17.2 Å². The Morgan fingerprint density at radius 2 is 1.75 bits per heavy atom.